The zero-order chi connectivity index (χ0) is 12.1. The van der Waals surface area contributed by atoms with Crippen molar-refractivity contribution in [2.45, 2.75) is 27.2 Å². The van der Waals surface area contributed by atoms with Crippen LogP contribution in [0.1, 0.15) is 25.8 Å². The van der Waals surface area contributed by atoms with Gasteiger partial charge in [0, 0.05) is 12.6 Å². The van der Waals surface area contributed by atoms with Gasteiger partial charge in [-0.15, -0.1) is 0 Å². The molecule has 16 heavy (non-hydrogen) atoms. The number of aryl methyl sites for hydroxylation is 1. The summed E-state index contributed by atoms with van der Waals surface area (Å²) in [6.45, 7) is 6.84. The molecule has 0 fully saturated rings. The minimum absolute atomic E-state index is 0.156. The fourth-order valence-electron chi connectivity index (χ4n) is 1.37. The van der Waals surface area contributed by atoms with E-state index in [2.05, 4.69) is 19.2 Å². The number of benzene rings is 1. The molecule has 1 atom stereocenters. The van der Waals surface area contributed by atoms with Crippen molar-refractivity contribution in [3.8, 4) is 0 Å². The van der Waals surface area contributed by atoms with E-state index in [4.69, 9.17) is 0 Å². The highest BCUT2D eigenvalue weighted by Crippen LogP contribution is 2.25. The zero-order valence-corrected chi connectivity index (χ0v) is 9.99. The van der Waals surface area contributed by atoms with E-state index in [1.807, 2.05) is 13.0 Å². The monoisotopic (exact) mass is 222 g/mol. The second-order valence-electron chi connectivity index (χ2n) is 4.17. The fourth-order valence-corrected chi connectivity index (χ4v) is 1.37. The molecule has 0 aromatic heterocycles. The molecule has 4 nitrogen and oxygen atoms in total. The molecule has 0 aliphatic rings. The molecule has 1 rings (SSSR count). The maximum Gasteiger partial charge on any atom is 0.292 e. The molecule has 88 valence electrons. The first kappa shape index (κ1) is 12.5. The van der Waals surface area contributed by atoms with Crippen LogP contribution in [0.4, 0.5) is 11.4 Å². The fraction of sp³-hybridized carbons (Fsp3) is 0.500. The van der Waals surface area contributed by atoms with E-state index in [0.29, 0.717) is 11.6 Å². The zero-order valence-electron chi connectivity index (χ0n) is 9.99. The first-order valence-corrected chi connectivity index (χ1v) is 5.53. The van der Waals surface area contributed by atoms with E-state index >= 15 is 0 Å². The lowest BCUT2D eigenvalue weighted by molar-refractivity contribution is -0.384. The third kappa shape index (κ3) is 3.22. The number of hydrogen-bond donors (Lipinski definition) is 1. The largest absolute Gasteiger partial charge is 0.379 e. The molecule has 0 bridgehead atoms. The summed E-state index contributed by atoms with van der Waals surface area (Å²) in [7, 11) is 0. The maximum absolute atomic E-state index is 10.9. The van der Waals surface area contributed by atoms with Gasteiger partial charge in [0.05, 0.1) is 4.92 Å². The Labute approximate surface area is 95.8 Å². The number of nitro benzene ring substituents is 1. The molecule has 1 aromatic carbocycles. The van der Waals surface area contributed by atoms with Crippen molar-refractivity contribution in [3.05, 3.63) is 33.9 Å². The molecule has 0 amide bonds. The summed E-state index contributed by atoms with van der Waals surface area (Å²) in [5, 5.41) is 14.0. The number of nitro groups is 1. The van der Waals surface area contributed by atoms with Gasteiger partial charge in [0.1, 0.15) is 5.69 Å². The summed E-state index contributed by atoms with van der Waals surface area (Å²) in [5.41, 5.74) is 1.67. The van der Waals surface area contributed by atoms with Gasteiger partial charge < -0.3 is 5.32 Å². The third-order valence-corrected chi connectivity index (χ3v) is 2.69. The highest BCUT2D eigenvalue weighted by molar-refractivity contribution is 5.62. The van der Waals surface area contributed by atoms with E-state index in [-0.39, 0.29) is 10.6 Å². The van der Waals surface area contributed by atoms with Crippen LogP contribution in [-0.2, 0) is 0 Å². The van der Waals surface area contributed by atoms with Gasteiger partial charge in [-0.25, -0.2) is 0 Å². The van der Waals surface area contributed by atoms with Gasteiger partial charge in [0.2, 0.25) is 0 Å². The normalized spacial score (nSPS) is 12.2. The molecule has 1 unspecified atom stereocenters. The van der Waals surface area contributed by atoms with E-state index in [1.165, 1.54) is 0 Å². The molecule has 1 N–H and O–H groups in total. The van der Waals surface area contributed by atoms with Gasteiger partial charge in [0.15, 0.2) is 0 Å². The second kappa shape index (κ2) is 5.49. The van der Waals surface area contributed by atoms with E-state index < -0.39 is 0 Å². The Bertz CT molecular complexity index is 377. The number of nitrogens with one attached hydrogen (secondary N) is 1. The van der Waals surface area contributed by atoms with Gasteiger partial charge in [-0.05, 0) is 24.5 Å². The van der Waals surface area contributed by atoms with Crippen LogP contribution in [0.2, 0.25) is 0 Å². The predicted octanol–water partition coefficient (Wildman–Crippen LogP) is 3.36. The molecule has 0 saturated heterocycles. The smallest absolute Gasteiger partial charge is 0.292 e. The van der Waals surface area contributed by atoms with Crippen molar-refractivity contribution in [2.24, 2.45) is 5.92 Å². The Morgan fingerprint density at radius 3 is 2.75 bits per heavy atom. The molecule has 0 aliphatic heterocycles. The maximum atomic E-state index is 10.9. The highest BCUT2D eigenvalue weighted by Gasteiger charge is 2.13. The van der Waals surface area contributed by atoms with Gasteiger partial charge >= 0.3 is 0 Å². The van der Waals surface area contributed by atoms with Gasteiger partial charge in [-0.3, -0.25) is 10.1 Å². The average Bonchev–Trinajstić information content (AvgIpc) is 2.26. The van der Waals surface area contributed by atoms with Crippen LogP contribution >= 0.6 is 0 Å². The third-order valence-electron chi connectivity index (χ3n) is 2.69. The van der Waals surface area contributed by atoms with Crippen LogP contribution in [0.3, 0.4) is 0 Å². The summed E-state index contributed by atoms with van der Waals surface area (Å²) in [4.78, 5) is 10.5. The molecular formula is C12H18N2O2. The van der Waals surface area contributed by atoms with Crippen LogP contribution in [0, 0.1) is 23.0 Å². The lowest BCUT2D eigenvalue weighted by atomic mass is 10.1. The van der Waals surface area contributed by atoms with E-state index in [0.717, 1.165) is 18.5 Å². The minimum atomic E-state index is -0.341. The lowest BCUT2D eigenvalue weighted by Crippen LogP contribution is -2.11. The lowest BCUT2D eigenvalue weighted by Gasteiger charge is -2.11. The van der Waals surface area contributed by atoms with Crippen molar-refractivity contribution in [3.63, 3.8) is 0 Å². The van der Waals surface area contributed by atoms with Crippen molar-refractivity contribution >= 4 is 11.4 Å². The van der Waals surface area contributed by atoms with E-state index in [1.54, 1.807) is 12.1 Å². The van der Waals surface area contributed by atoms with Crippen LogP contribution < -0.4 is 5.32 Å². The van der Waals surface area contributed by atoms with Crippen molar-refractivity contribution < 1.29 is 4.92 Å². The topological polar surface area (TPSA) is 55.2 Å². The van der Waals surface area contributed by atoms with Crippen molar-refractivity contribution in [1.82, 2.24) is 0 Å². The van der Waals surface area contributed by atoms with Crippen molar-refractivity contribution in [2.75, 3.05) is 11.9 Å². The van der Waals surface area contributed by atoms with Crippen LogP contribution in [0.5, 0.6) is 0 Å². The standard InChI is InChI=1S/C12H18N2O2/c1-4-9(2)8-13-11-6-5-10(3)7-12(11)14(15)16/h5-7,9,13H,4,8H2,1-3H3. The molecular weight excluding hydrogens is 204 g/mol. The summed E-state index contributed by atoms with van der Waals surface area (Å²) >= 11 is 0. The van der Waals surface area contributed by atoms with E-state index in [9.17, 15) is 10.1 Å². The Hall–Kier alpha value is -1.58. The summed E-state index contributed by atoms with van der Waals surface area (Å²) in [6.07, 6.45) is 1.06. The number of rotatable bonds is 5. The first-order valence-electron chi connectivity index (χ1n) is 5.53. The quantitative estimate of drug-likeness (QED) is 0.614. The molecule has 0 heterocycles. The van der Waals surface area contributed by atoms with Crippen LogP contribution in [0.15, 0.2) is 18.2 Å². The van der Waals surface area contributed by atoms with Crippen molar-refractivity contribution in [1.29, 1.82) is 0 Å². The average molecular weight is 222 g/mol. The summed E-state index contributed by atoms with van der Waals surface area (Å²) < 4.78 is 0. The SMILES string of the molecule is CCC(C)CNc1ccc(C)cc1[N+](=O)[O-]. The van der Waals surface area contributed by atoms with Gasteiger partial charge in [-0.2, -0.15) is 0 Å². The number of anilines is 1. The molecule has 0 aliphatic carbocycles. The molecule has 0 spiro atoms. The Balaban J connectivity index is 2.82. The number of hydrogen-bond acceptors (Lipinski definition) is 3. The van der Waals surface area contributed by atoms with Crippen LogP contribution in [0.25, 0.3) is 0 Å². The Morgan fingerprint density at radius 2 is 2.19 bits per heavy atom. The predicted molar refractivity (Wildman–Crippen MR) is 65.8 cm³/mol. The molecule has 0 saturated carbocycles. The van der Waals surface area contributed by atoms with Gasteiger partial charge in [0.25, 0.3) is 5.69 Å². The highest BCUT2D eigenvalue weighted by atomic mass is 16.6. The summed E-state index contributed by atoms with van der Waals surface area (Å²) in [6, 6.07) is 5.25. The van der Waals surface area contributed by atoms with Gasteiger partial charge in [-0.1, -0.05) is 26.3 Å². The first-order chi connectivity index (χ1) is 7.54. The molecule has 4 heteroatoms. The molecule has 0 radical (unpaired) electrons. The minimum Gasteiger partial charge on any atom is -0.379 e. The second-order valence-corrected chi connectivity index (χ2v) is 4.17. The molecule has 1 aromatic rings. The van der Waals surface area contributed by atoms with Crippen LogP contribution in [-0.4, -0.2) is 11.5 Å². The Kier molecular flexibility index (Phi) is 4.28. The summed E-state index contributed by atoms with van der Waals surface area (Å²) in [5.74, 6) is 0.515. The number of nitrogens with zero attached hydrogens (tertiary/aromatic N) is 1. The Morgan fingerprint density at radius 1 is 1.50 bits per heavy atom.